The molecule has 0 aliphatic carbocycles. The van der Waals surface area contributed by atoms with E-state index in [-0.39, 0.29) is 12.4 Å². The van der Waals surface area contributed by atoms with Crippen LogP contribution in [0.3, 0.4) is 0 Å². The van der Waals surface area contributed by atoms with E-state index in [2.05, 4.69) is 4.74 Å². The molecular weight excluding hydrogens is 228 g/mol. The molecule has 3 nitrogen and oxygen atoms in total. The number of hydrogen-bond acceptors (Lipinski definition) is 3. The molecule has 1 rings (SSSR count). The van der Waals surface area contributed by atoms with Crippen molar-refractivity contribution < 1.29 is 14.3 Å². The minimum atomic E-state index is -0.303. The smallest absolute Gasteiger partial charge is 0.310 e. The van der Waals surface area contributed by atoms with Crippen LogP contribution in [0, 0.1) is 13.8 Å². The summed E-state index contributed by atoms with van der Waals surface area (Å²) < 4.78 is 9.94. The van der Waals surface area contributed by atoms with E-state index >= 15 is 0 Å². The number of esters is 1. The zero-order valence-corrected chi connectivity index (χ0v) is 10.6. The Kier molecular flexibility index (Phi) is 4.19. The molecule has 0 radical (unpaired) electrons. The Hall–Kier alpha value is -1.22. The molecule has 0 atom stereocenters. The molecule has 88 valence electrons. The van der Waals surface area contributed by atoms with E-state index in [9.17, 15) is 4.79 Å². The van der Waals surface area contributed by atoms with E-state index in [0.717, 1.165) is 16.7 Å². The van der Waals surface area contributed by atoms with Crippen molar-refractivity contribution in [2.45, 2.75) is 20.3 Å². The number of carbonyl (C=O) groups is 1. The van der Waals surface area contributed by atoms with Crippen LogP contribution in [-0.4, -0.2) is 20.2 Å². The second-order valence-electron chi connectivity index (χ2n) is 3.56. The molecule has 0 spiro atoms. The Morgan fingerprint density at radius 3 is 2.50 bits per heavy atom. The van der Waals surface area contributed by atoms with Gasteiger partial charge in [0.2, 0.25) is 0 Å². The molecular formula is C12H15ClO3. The first kappa shape index (κ1) is 12.8. The van der Waals surface area contributed by atoms with Crippen LogP contribution >= 0.6 is 11.6 Å². The highest BCUT2D eigenvalue weighted by atomic mass is 35.5. The van der Waals surface area contributed by atoms with E-state index in [1.807, 2.05) is 19.9 Å². The summed E-state index contributed by atoms with van der Waals surface area (Å²) in [6.07, 6.45) is 0.174. The van der Waals surface area contributed by atoms with Gasteiger partial charge < -0.3 is 9.47 Å². The Balaban J connectivity index is 3.27. The molecule has 0 heterocycles. The second-order valence-corrected chi connectivity index (χ2v) is 3.97. The first-order chi connectivity index (χ1) is 7.51. The van der Waals surface area contributed by atoms with E-state index in [1.54, 1.807) is 7.11 Å². The monoisotopic (exact) mass is 242 g/mol. The zero-order chi connectivity index (χ0) is 12.3. The quantitative estimate of drug-likeness (QED) is 0.765. The van der Waals surface area contributed by atoms with Crippen molar-refractivity contribution in [2.24, 2.45) is 0 Å². The Labute approximate surface area is 100 Å². The second kappa shape index (κ2) is 5.21. The molecule has 0 unspecified atom stereocenters. The predicted molar refractivity (Wildman–Crippen MR) is 63.2 cm³/mol. The van der Waals surface area contributed by atoms with E-state index < -0.39 is 0 Å². The fourth-order valence-electron chi connectivity index (χ4n) is 1.63. The van der Waals surface area contributed by atoms with Crippen molar-refractivity contribution in [3.63, 3.8) is 0 Å². The number of methoxy groups -OCH3 is 2. The summed E-state index contributed by atoms with van der Waals surface area (Å²) in [6, 6.07) is 1.83. The summed E-state index contributed by atoms with van der Waals surface area (Å²) in [5.74, 6) is 0.398. The third-order valence-corrected chi connectivity index (χ3v) is 2.93. The molecule has 0 N–H and O–H groups in total. The van der Waals surface area contributed by atoms with Gasteiger partial charge in [-0.15, -0.1) is 0 Å². The van der Waals surface area contributed by atoms with Gasteiger partial charge in [0.05, 0.1) is 20.6 Å². The van der Waals surface area contributed by atoms with Crippen LogP contribution < -0.4 is 4.74 Å². The van der Waals surface area contributed by atoms with Crippen molar-refractivity contribution in [3.05, 3.63) is 27.8 Å². The number of hydrogen-bond donors (Lipinski definition) is 0. The molecule has 16 heavy (non-hydrogen) atoms. The van der Waals surface area contributed by atoms with Gasteiger partial charge in [0.15, 0.2) is 0 Å². The van der Waals surface area contributed by atoms with Gasteiger partial charge in [-0.25, -0.2) is 0 Å². The first-order valence-corrected chi connectivity index (χ1v) is 5.28. The molecule has 0 saturated carbocycles. The fraction of sp³-hybridized carbons (Fsp3) is 0.417. The molecule has 0 amide bonds. The molecule has 0 bridgehead atoms. The lowest BCUT2D eigenvalue weighted by atomic mass is 10.0. The number of ether oxygens (including phenoxy) is 2. The summed E-state index contributed by atoms with van der Waals surface area (Å²) >= 11 is 6.07. The number of benzene rings is 1. The molecule has 4 heteroatoms. The molecule has 0 aromatic heterocycles. The van der Waals surface area contributed by atoms with Crippen LogP contribution in [0.5, 0.6) is 5.75 Å². The van der Waals surface area contributed by atoms with Gasteiger partial charge in [0.1, 0.15) is 5.75 Å². The maximum Gasteiger partial charge on any atom is 0.310 e. The van der Waals surface area contributed by atoms with Crippen LogP contribution in [0.15, 0.2) is 6.07 Å². The van der Waals surface area contributed by atoms with Gasteiger partial charge in [-0.05, 0) is 31.0 Å². The molecule has 0 saturated heterocycles. The summed E-state index contributed by atoms with van der Waals surface area (Å²) in [5, 5.41) is 0.636. The lowest BCUT2D eigenvalue weighted by Crippen LogP contribution is -2.08. The number of halogens is 1. The highest BCUT2D eigenvalue weighted by Gasteiger charge is 2.16. The minimum Gasteiger partial charge on any atom is -0.496 e. The first-order valence-electron chi connectivity index (χ1n) is 4.90. The van der Waals surface area contributed by atoms with Gasteiger partial charge in [-0.2, -0.15) is 0 Å². The lowest BCUT2D eigenvalue weighted by molar-refractivity contribution is -0.139. The Morgan fingerprint density at radius 1 is 1.38 bits per heavy atom. The van der Waals surface area contributed by atoms with Crippen LogP contribution in [0.4, 0.5) is 0 Å². The number of carbonyl (C=O) groups excluding carboxylic acids is 1. The molecule has 0 aliphatic heterocycles. The predicted octanol–water partition coefficient (Wildman–Crippen LogP) is 2.68. The van der Waals surface area contributed by atoms with Crippen molar-refractivity contribution in [2.75, 3.05) is 14.2 Å². The van der Waals surface area contributed by atoms with E-state index in [0.29, 0.717) is 10.8 Å². The Bertz CT molecular complexity index is 413. The topological polar surface area (TPSA) is 35.5 Å². The molecule has 1 aromatic carbocycles. The van der Waals surface area contributed by atoms with Gasteiger partial charge in [0.25, 0.3) is 0 Å². The molecule has 0 fully saturated rings. The highest BCUT2D eigenvalue weighted by molar-refractivity contribution is 6.31. The standard InChI is InChI=1S/C12H15ClO3/c1-7-5-10(13)8(2)9(12(7)16-4)6-11(14)15-3/h5H,6H2,1-4H3. The van der Waals surface area contributed by atoms with Crippen LogP contribution in [-0.2, 0) is 16.0 Å². The summed E-state index contributed by atoms with van der Waals surface area (Å²) in [5.41, 5.74) is 2.56. The summed E-state index contributed by atoms with van der Waals surface area (Å²) in [4.78, 5) is 11.3. The fourth-order valence-corrected chi connectivity index (χ4v) is 1.91. The largest absolute Gasteiger partial charge is 0.496 e. The van der Waals surface area contributed by atoms with Crippen LogP contribution in [0.25, 0.3) is 0 Å². The average Bonchev–Trinajstić information content (AvgIpc) is 2.25. The normalized spacial score (nSPS) is 10.1. The van der Waals surface area contributed by atoms with Gasteiger partial charge >= 0.3 is 5.97 Å². The van der Waals surface area contributed by atoms with Crippen molar-refractivity contribution in [3.8, 4) is 5.75 Å². The SMILES string of the molecule is COC(=O)Cc1c(C)c(Cl)cc(C)c1OC. The van der Waals surface area contributed by atoms with Crippen molar-refractivity contribution in [1.29, 1.82) is 0 Å². The summed E-state index contributed by atoms with van der Waals surface area (Å²) in [7, 11) is 2.94. The highest BCUT2D eigenvalue weighted by Crippen LogP contribution is 2.32. The van der Waals surface area contributed by atoms with Gasteiger partial charge in [-0.1, -0.05) is 11.6 Å². The maximum atomic E-state index is 11.3. The van der Waals surface area contributed by atoms with Crippen LogP contribution in [0.2, 0.25) is 5.02 Å². The van der Waals surface area contributed by atoms with Gasteiger partial charge in [-0.3, -0.25) is 4.79 Å². The van der Waals surface area contributed by atoms with Crippen molar-refractivity contribution >= 4 is 17.6 Å². The Morgan fingerprint density at radius 2 is 2.00 bits per heavy atom. The lowest BCUT2D eigenvalue weighted by Gasteiger charge is -2.14. The third kappa shape index (κ3) is 2.47. The number of aryl methyl sites for hydroxylation is 1. The number of rotatable bonds is 3. The third-order valence-electron chi connectivity index (χ3n) is 2.54. The van der Waals surface area contributed by atoms with Gasteiger partial charge in [0, 0.05) is 10.6 Å². The zero-order valence-electron chi connectivity index (χ0n) is 9.89. The molecule has 1 aromatic rings. The van der Waals surface area contributed by atoms with Crippen LogP contribution in [0.1, 0.15) is 16.7 Å². The average molecular weight is 243 g/mol. The van der Waals surface area contributed by atoms with E-state index in [4.69, 9.17) is 16.3 Å². The maximum absolute atomic E-state index is 11.3. The van der Waals surface area contributed by atoms with Crippen molar-refractivity contribution in [1.82, 2.24) is 0 Å². The van der Waals surface area contributed by atoms with E-state index in [1.165, 1.54) is 7.11 Å². The minimum absolute atomic E-state index is 0.174. The molecule has 0 aliphatic rings. The summed E-state index contributed by atoms with van der Waals surface area (Å²) in [6.45, 7) is 3.76.